The number of halogens is 1. The van der Waals surface area contributed by atoms with Crippen molar-refractivity contribution in [3.8, 4) is 0 Å². The summed E-state index contributed by atoms with van der Waals surface area (Å²) in [6.45, 7) is 8.55. The summed E-state index contributed by atoms with van der Waals surface area (Å²) in [5.41, 5.74) is 2.69. The molecular formula is C24H32ClN3O4S. The standard InChI is InChI=1S/C24H32ClN3O4S/c1-16(2)26-24(30)19(5)27(14-20-9-7-8-10-21(20)25)23(29)15-28(33(6,31)32)22-13-17(3)11-12-18(22)4/h7-13,16,19H,14-15H2,1-6H3,(H,26,30)/t19-/m1/s1. The first-order valence-electron chi connectivity index (χ1n) is 10.7. The van der Waals surface area contributed by atoms with Gasteiger partial charge in [0.15, 0.2) is 0 Å². The van der Waals surface area contributed by atoms with E-state index in [4.69, 9.17) is 11.6 Å². The van der Waals surface area contributed by atoms with E-state index in [1.807, 2.05) is 32.9 Å². The summed E-state index contributed by atoms with van der Waals surface area (Å²) in [5, 5.41) is 3.27. The smallest absolute Gasteiger partial charge is 0.244 e. The minimum atomic E-state index is -3.77. The average molecular weight is 494 g/mol. The molecule has 0 aliphatic rings. The molecule has 2 rings (SSSR count). The van der Waals surface area contributed by atoms with Crippen LogP contribution in [0.3, 0.4) is 0 Å². The molecule has 180 valence electrons. The number of nitrogens with one attached hydrogen (secondary N) is 1. The molecule has 0 bridgehead atoms. The lowest BCUT2D eigenvalue weighted by atomic mass is 10.1. The second-order valence-corrected chi connectivity index (χ2v) is 10.8. The van der Waals surface area contributed by atoms with Crippen molar-refractivity contribution in [2.24, 2.45) is 0 Å². The first-order valence-corrected chi connectivity index (χ1v) is 12.9. The van der Waals surface area contributed by atoms with Crippen molar-refractivity contribution in [3.05, 3.63) is 64.2 Å². The number of aryl methyl sites for hydroxylation is 2. The third kappa shape index (κ3) is 7.20. The summed E-state index contributed by atoms with van der Waals surface area (Å²) in [5.74, 6) is -0.837. The van der Waals surface area contributed by atoms with Gasteiger partial charge in [-0.3, -0.25) is 13.9 Å². The van der Waals surface area contributed by atoms with Crippen LogP contribution in [0.25, 0.3) is 0 Å². The van der Waals surface area contributed by atoms with Gasteiger partial charge in [-0.15, -0.1) is 0 Å². The lowest BCUT2D eigenvalue weighted by Gasteiger charge is -2.32. The van der Waals surface area contributed by atoms with E-state index in [1.54, 1.807) is 44.2 Å². The van der Waals surface area contributed by atoms with Gasteiger partial charge in [0.05, 0.1) is 11.9 Å². The van der Waals surface area contributed by atoms with E-state index >= 15 is 0 Å². The summed E-state index contributed by atoms with van der Waals surface area (Å²) >= 11 is 6.31. The molecular weight excluding hydrogens is 462 g/mol. The third-order valence-corrected chi connectivity index (χ3v) is 6.70. The van der Waals surface area contributed by atoms with Crippen molar-refractivity contribution in [1.82, 2.24) is 10.2 Å². The molecule has 0 fully saturated rings. The highest BCUT2D eigenvalue weighted by molar-refractivity contribution is 7.92. The Hall–Kier alpha value is -2.58. The predicted octanol–water partition coefficient (Wildman–Crippen LogP) is 3.66. The number of benzene rings is 2. The van der Waals surface area contributed by atoms with Crippen LogP contribution in [-0.2, 0) is 26.2 Å². The zero-order chi connectivity index (χ0) is 24.9. The Morgan fingerprint density at radius 1 is 1.06 bits per heavy atom. The van der Waals surface area contributed by atoms with Crippen LogP contribution in [0, 0.1) is 13.8 Å². The highest BCUT2D eigenvalue weighted by Gasteiger charge is 2.31. The Labute approximate surface area is 201 Å². The largest absolute Gasteiger partial charge is 0.352 e. The quantitative estimate of drug-likeness (QED) is 0.577. The average Bonchev–Trinajstić information content (AvgIpc) is 2.71. The van der Waals surface area contributed by atoms with Crippen LogP contribution < -0.4 is 9.62 Å². The molecule has 0 aromatic heterocycles. The van der Waals surface area contributed by atoms with Gasteiger partial charge in [0.1, 0.15) is 12.6 Å². The molecule has 0 aliphatic carbocycles. The number of nitrogens with zero attached hydrogens (tertiary/aromatic N) is 2. The van der Waals surface area contributed by atoms with E-state index in [9.17, 15) is 18.0 Å². The first-order chi connectivity index (χ1) is 15.3. The molecule has 2 aromatic rings. The van der Waals surface area contributed by atoms with Crippen LogP contribution in [0.15, 0.2) is 42.5 Å². The fraction of sp³-hybridized carbons (Fsp3) is 0.417. The highest BCUT2D eigenvalue weighted by atomic mass is 35.5. The topological polar surface area (TPSA) is 86.8 Å². The number of hydrogen-bond donors (Lipinski definition) is 1. The second-order valence-electron chi connectivity index (χ2n) is 8.51. The number of rotatable bonds is 9. The fourth-order valence-electron chi connectivity index (χ4n) is 3.38. The molecule has 0 aliphatic heterocycles. The normalized spacial score (nSPS) is 12.4. The minimum Gasteiger partial charge on any atom is -0.352 e. The van der Waals surface area contributed by atoms with Gasteiger partial charge in [-0.1, -0.05) is 41.9 Å². The molecule has 9 heteroatoms. The van der Waals surface area contributed by atoms with Gasteiger partial charge in [-0.25, -0.2) is 8.42 Å². The molecule has 1 atom stereocenters. The SMILES string of the molecule is Cc1ccc(C)c(N(CC(=O)N(Cc2ccccc2Cl)[C@H](C)C(=O)NC(C)C)S(C)(=O)=O)c1. The molecule has 0 heterocycles. The predicted molar refractivity (Wildman–Crippen MR) is 133 cm³/mol. The van der Waals surface area contributed by atoms with Crippen LogP contribution >= 0.6 is 11.6 Å². The maximum atomic E-state index is 13.5. The number of hydrogen-bond acceptors (Lipinski definition) is 4. The molecule has 0 spiro atoms. The molecule has 7 nitrogen and oxygen atoms in total. The molecule has 0 radical (unpaired) electrons. The van der Waals surface area contributed by atoms with E-state index in [1.165, 1.54) is 4.90 Å². The first kappa shape index (κ1) is 26.7. The van der Waals surface area contributed by atoms with Crippen molar-refractivity contribution < 1.29 is 18.0 Å². The van der Waals surface area contributed by atoms with E-state index in [0.29, 0.717) is 16.3 Å². The lowest BCUT2D eigenvalue weighted by molar-refractivity contribution is -0.139. The van der Waals surface area contributed by atoms with Crippen molar-refractivity contribution in [2.75, 3.05) is 17.1 Å². The number of carbonyl (C=O) groups excluding carboxylic acids is 2. The third-order valence-electron chi connectivity index (χ3n) is 5.21. The zero-order valence-electron chi connectivity index (χ0n) is 19.9. The van der Waals surface area contributed by atoms with Gasteiger partial charge in [-0.05, 0) is 63.4 Å². The van der Waals surface area contributed by atoms with Crippen LogP contribution in [0.4, 0.5) is 5.69 Å². The summed E-state index contributed by atoms with van der Waals surface area (Å²) in [4.78, 5) is 27.6. The number of carbonyl (C=O) groups is 2. The summed E-state index contributed by atoms with van der Waals surface area (Å²) in [6.07, 6.45) is 1.06. The summed E-state index contributed by atoms with van der Waals surface area (Å²) in [6, 6.07) is 11.5. The molecule has 0 unspecified atom stereocenters. The Balaban J connectivity index is 2.45. The maximum absolute atomic E-state index is 13.5. The van der Waals surface area contributed by atoms with Gasteiger partial charge in [0.2, 0.25) is 21.8 Å². The van der Waals surface area contributed by atoms with E-state index in [-0.39, 0.29) is 18.5 Å². The molecule has 0 saturated heterocycles. The number of anilines is 1. The molecule has 0 saturated carbocycles. The Morgan fingerprint density at radius 3 is 2.27 bits per heavy atom. The summed E-state index contributed by atoms with van der Waals surface area (Å²) in [7, 11) is -3.77. The van der Waals surface area contributed by atoms with Crippen LogP contribution in [-0.4, -0.2) is 50.0 Å². The maximum Gasteiger partial charge on any atom is 0.244 e. The molecule has 33 heavy (non-hydrogen) atoms. The van der Waals surface area contributed by atoms with Crippen LogP contribution in [0.2, 0.25) is 5.02 Å². The second kappa shape index (κ2) is 11.0. The van der Waals surface area contributed by atoms with Gasteiger partial charge in [0, 0.05) is 17.6 Å². The zero-order valence-corrected chi connectivity index (χ0v) is 21.5. The van der Waals surface area contributed by atoms with Crippen molar-refractivity contribution in [3.63, 3.8) is 0 Å². The van der Waals surface area contributed by atoms with E-state index in [2.05, 4.69) is 5.32 Å². The molecule has 2 aromatic carbocycles. The van der Waals surface area contributed by atoms with Gasteiger partial charge in [0.25, 0.3) is 0 Å². The van der Waals surface area contributed by atoms with Gasteiger partial charge < -0.3 is 10.2 Å². The number of sulfonamides is 1. The minimum absolute atomic E-state index is 0.0651. The van der Waals surface area contributed by atoms with E-state index < -0.39 is 28.5 Å². The molecule has 2 amide bonds. The summed E-state index contributed by atoms with van der Waals surface area (Å²) < 4.78 is 26.4. The van der Waals surface area contributed by atoms with Crippen molar-refractivity contribution in [1.29, 1.82) is 0 Å². The Bertz CT molecular complexity index is 1120. The van der Waals surface area contributed by atoms with Crippen LogP contribution in [0.1, 0.15) is 37.5 Å². The Morgan fingerprint density at radius 2 is 1.70 bits per heavy atom. The monoisotopic (exact) mass is 493 g/mol. The van der Waals surface area contributed by atoms with E-state index in [0.717, 1.165) is 21.7 Å². The highest BCUT2D eigenvalue weighted by Crippen LogP contribution is 2.25. The number of amides is 2. The fourth-order valence-corrected chi connectivity index (χ4v) is 4.48. The van der Waals surface area contributed by atoms with Gasteiger partial charge in [-0.2, -0.15) is 0 Å². The van der Waals surface area contributed by atoms with Crippen molar-refractivity contribution in [2.45, 2.75) is 53.2 Å². The molecule has 1 N–H and O–H groups in total. The van der Waals surface area contributed by atoms with Crippen molar-refractivity contribution >= 4 is 39.1 Å². The van der Waals surface area contributed by atoms with Crippen LogP contribution in [0.5, 0.6) is 0 Å². The Kier molecular flexibility index (Phi) is 8.91. The lowest BCUT2D eigenvalue weighted by Crippen LogP contribution is -2.52. The van der Waals surface area contributed by atoms with Gasteiger partial charge >= 0.3 is 0 Å².